The smallest absolute Gasteiger partial charge is 0.322 e. The number of aryl methyl sites for hydroxylation is 2. The lowest BCUT2D eigenvalue weighted by Gasteiger charge is -2.06. The van der Waals surface area contributed by atoms with Crippen molar-refractivity contribution in [3.05, 3.63) is 41.7 Å². The van der Waals surface area contributed by atoms with Gasteiger partial charge in [-0.3, -0.25) is 4.79 Å². The number of hydrogen-bond acceptors (Lipinski definition) is 4. The van der Waals surface area contributed by atoms with Gasteiger partial charge in [0.25, 0.3) is 0 Å². The van der Waals surface area contributed by atoms with Gasteiger partial charge in [0.15, 0.2) is 0 Å². The Labute approximate surface area is 116 Å². The lowest BCUT2D eigenvalue weighted by Crippen LogP contribution is -2.14. The number of carboxylic acids is 1. The maximum absolute atomic E-state index is 10.5. The number of carbonyl (C=O) groups is 1. The zero-order valence-corrected chi connectivity index (χ0v) is 11.0. The van der Waals surface area contributed by atoms with E-state index in [4.69, 9.17) is 5.11 Å². The van der Waals surface area contributed by atoms with E-state index in [0.717, 1.165) is 17.5 Å². The van der Waals surface area contributed by atoms with Crippen LogP contribution in [0.1, 0.15) is 17.5 Å². The quantitative estimate of drug-likeness (QED) is 0.889. The summed E-state index contributed by atoms with van der Waals surface area (Å²) in [5.74, 6) is -0.603. The van der Waals surface area contributed by atoms with Gasteiger partial charge >= 0.3 is 5.97 Å². The normalized spacial score (nSPS) is 13.0. The first-order valence-corrected chi connectivity index (χ1v) is 6.62. The zero-order valence-electron chi connectivity index (χ0n) is 11.0. The summed E-state index contributed by atoms with van der Waals surface area (Å²) < 4.78 is 0. The summed E-state index contributed by atoms with van der Waals surface area (Å²) in [6.45, 7) is -0.182. The lowest BCUT2D eigenvalue weighted by molar-refractivity contribution is -0.134. The molecule has 3 rings (SSSR count). The van der Waals surface area contributed by atoms with Gasteiger partial charge in [0, 0.05) is 18.0 Å². The molecule has 1 aliphatic carbocycles. The van der Waals surface area contributed by atoms with E-state index in [9.17, 15) is 4.79 Å². The fourth-order valence-electron chi connectivity index (χ4n) is 2.47. The number of fused-ring (bicyclic) bond motifs is 1. The van der Waals surface area contributed by atoms with Crippen LogP contribution in [0.5, 0.6) is 0 Å². The largest absolute Gasteiger partial charge is 0.480 e. The lowest BCUT2D eigenvalue weighted by atomic mass is 10.0. The van der Waals surface area contributed by atoms with E-state index in [-0.39, 0.29) is 6.54 Å². The average Bonchev–Trinajstić information content (AvgIpc) is 2.93. The molecule has 1 aromatic carbocycles. The summed E-state index contributed by atoms with van der Waals surface area (Å²) in [6.07, 6.45) is 6.97. The van der Waals surface area contributed by atoms with Gasteiger partial charge in [-0.2, -0.15) is 0 Å². The second kappa shape index (κ2) is 5.28. The predicted octanol–water partition coefficient (Wildman–Crippen LogP) is 2.13. The molecule has 0 saturated heterocycles. The fraction of sp³-hybridized carbons (Fsp3) is 0.267. The average molecular weight is 269 g/mol. The van der Waals surface area contributed by atoms with E-state index in [2.05, 4.69) is 33.5 Å². The van der Waals surface area contributed by atoms with E-state index in [1.807, 2.05) is 0 Å². The highest BCUT2D eigenvalue weighted by Crippen LogP contribution is 2.27. The first kappa shape index (κ1) is 12.6. The third-order valence-corrected chi connectivity index (χ3v) is 3.48. The van der Waals surface area contributed by atoms with Crippen LogP contribution in [-0.2, 0) is 17.6 Å². The van der Waals surface area contributed by atoms with Crippen molar-refractivity contribution in [3.63, 3.8) is 0 Å². The molecule has 5 nitrogen and oxygen atoms in total. The third-order valence-electron chi connectivity index (χ3n) is 3.48. The standard InChI is InChI=1S/C15H15N3O2/c19-14(20)9-18-15-16-7-13(8-17-15)12-5-4-10-2-1-3-11(10)6-12/h4-8H,1-3,9H2,(H,19,20)(H,16,17,18). The molecule has 0 bridgehead atoms. The molecule has 0 saturated carbocycles. The molecular formula is C15H15N3O2. The van der Waals surface area contributed by atoms with Crippen LogP contribution in [0.3, 0.4) is 0 Å². The molecule has 102 valence electrons. The number of hydrogen-bond donors (Lipinski definition) is 2. The molecule has 1 heterocycles. The number of benzene rings is 1. The Kier molecular flexibility index (Phi) is 3.33. The Balaban J connectivity index is 1.79. The maximum Gasteiger partial charge on any atom is 0.322 e. The predicted molar refractivity (Wildman–Crippen MR) is 75.6 cm³/mol. The van der Waals surface area contributed by atoms with Crippen molar-refractivity contribution in [3.8, 4) is 11.1 Å². The first-order chi connectivity index (χ1) is 9.72. The number of aromatic nitrogens is 2. The number of nitrogens with zero attached hydrogens (tertiary/aromatic N) is 2. The second-order valence-electron chi connectivity index (χ2n) is 4.88. The molecule has 0 radical (unpaired) electrons. The van der Waals surface area contributed by atoms with Crippen LogP contribution < -0.4 is 5.32 Å². The highest BCUT2D eigenvalue weighted by Gasteiger charge is 2.11. The van der Waals surface area contributed by atoms with E-state index in [1.54, 1.807) is 12.4 Å². The van der Waals surface area contributed by atoms with Crippen LogP contribution in [0.2, 0.25) is 0 Å². The zero-order chi connectivity index (χ0) is 13.9. The second-order valence-corrected chi connectivity index (χ2v) is 4.88. The molecule has 0 aliphatic heterocycles. The summed E-state index contributed by atoms with van der Waals surface area (Å²) in [7, 11) is 0. The Morgan fingerprint density at radius 3 is 2.65 bits per heavy atom. The Hall–Kier alpha value is -2.43. The minimum absolute atomic E-state index is 0.182. The van der Waals surface area contributed by atoms with Crippen LogP contribution >= 0.6 is 0 Å². The molecule has 2 aromatic rings. The number of nitrogens with one attached hydrogen (secondary N) is 1. The van der Waals surface area contributed by atoms with Crippen molar-refractivity contribution in [2.75, 3.05) is 11.9 Å². The highest BCUT2D eigenvalue weighted by atomic mass is 16.4. The van der Waals surface area contributed by atoms with Gasteiger partial charge in [-0.05, 0) is 36.0 Å². The van der Waals surface area contributed by atoms with Crippen molar-refractivity contribution in [2.45, 2.75) is 19.3 Å². The number of carboxylic acid groups (broad SMARTS) is 1. The fourth-order valence-corrected chi connectivity index (χ4v) is 2.47. The van der Waals surface area contributed by atoms with E-state index in [0.29, 0.717) is 5.95 Å². The topological polar surface area (TPSA) is 75.1 Å². The van der Waals surface area contributed by atoms with E-state index >= 15 is 0 Å². The Bertz CT molecular complexity index is 638. The van der Waals surface area contributed by atoms with Gasteiger partial charge in [0.05, 0.1) is 0 Å². The first-order valence-electron chi connectivity index (χ1n) is 6.62. The minimum atomic E-state index is -0.934. The van der Waals surface area contributed by atoms with Crippen molar-refractivity contribution in [2.24, 2.45) is 0 Å². The summed E-state index contributed by atoms with van der Waals surface area (Å²) in [5.41, 5.74) is 4.90. The van der Waals surface area contributed by atoms with Gasteiger partial charge in [0.1, 0.15) is 6.54 Å². The Morgan fingerprint density at radius 1 is 1.15 bits per heavy atom. The molecule has 0 spiro atoms. The third kappa shape index (κ3) is 2.61. The molecule has 1 aliphatic rings. The molecule has 1 aromatic heterocycles. The van der Waals surface area contributed by atoms with Gasteiger partial charge in [-0.15, -0.1) is 0 Å². The number of rotatable bonds is 4. The van der Waals surface area contributed by atoms with Crippen molar-refractivity contribution >= 4 is 11.9 Å². The summed E-state index contributed by atoms with van der Waals surface area (Å²) in [4.78, 5) is 18.7. The van der Waals surface area contributed by atoms with E-state index < -0.39 is 5.97 Å². The molecule has 2 N–H and O–H groups in total. The summed E-state index contributed by atoms with van der Waals surface area (Å²) >= 11 is 0. The van der Waals surface area contributed by atoms with Gasteiger partial charge in [-0.1, -0.05) is 18.2 Å². The number of anilines is 1. The molecular weight excluding hydrogens is 254 g/mol. The molecule has 20 heavy (non-hydrogen) atoms. The molecule has 5 heteroatoms. The van der Waals surface area contributed by atoms with Gasteiger partial charge in [-0.25, -0.2) is 9.97 Å². The number of aliphatic carboxylic acids is 1. The molecule has 0 fully saturated rings. The molecule has 0 amide bonds. The monoisotopic (exact) mass is 269 g/mol. The van der Waals surface area contributed by atoms with Crippen LogP contribution in [0.25, 0.3) is 11.1 Å². The van der Waals surface area contributed by atoms with Crippen molar-refractivity contribution in [1.29, 1.82) is 0 Å². The molecule has 0 unspecified atom stereocenters. The summed E-state index contributed by atoms with van der Waals surface area (Å²) in [6, 6.07) is 6.47. The van der Waals surface area contributed by atoms with Crippen LogP contribution in [0, 0.1) is 0 Å². The SMILES string of the molecule is O=C(O)CNc1ncc(-c2ccc3c(c2)CCC3)cn1. The van der Waals surface area contributed by atoms with Crippen LogP contribution in [0.15, 0.2) is 30.6 Å². The molecule has 0 atom stereocenters. The Morgan fingerprint density at radius 2 is 1.90 bits per heavy atom. The van der Waals surface area contributed by atoms with Gasteiger partial charge in [0.2, 0.25) is 5.95 Å². The highest BCUT2D eigenvalue weighted by molar-refractivity contribution is 5.72. The van der Waals surface area contributed by atoms with E-state index in [1.165, 1.54) is 24.0 Å². The van der Waals surface area contributed by atoms with Crippen LogP contribution in [-0.4, -0.2) is 27.6 Å². The maximum atomic E-state index is 10.5. The van der Waals surface area contributed by atoms with Crippen LogP contribution in [0.4, 0.5) is 5.95 Å². The van der Waals surface area contributed by atoms with Gasteiger partial charge < -0.3 is 10.4 Å². The van der Waals surface area contributed by atoms with Crippen molar-refractivity contribution < 1.29 is 9.90 Å². The minimum Gasteiger partial charge on any atom is -0.480 e. The van der Waals surface area contributed by atoms with Crippen molar-refractivity contribution in [1.82, 2.24) is 9.97 Å². The summed E-state index contributed by atoms with van der Waals surface area (Å²) in [5, 5.41) is 11.2.